The van der Waals surface area contributed by atoms with E-state index in [9.17, 15) is 18.0 Å². The first-order chi connectivity index (χ1) is 12.8. The Morgan fingerprint density at radius 3 is 2.59 bits per heavy atom. The number of aryl methyl sites for hydroxylation is 1. The lowest BCUT2D eigenvalue weighted by atomic mass is 10.2. The quantitative estimate of drug-likeness (QED) is 0.767. The highest BCUT2D eigenvalue weighted by atomic mass is 32.2. The highest BCUT2D eigenvalue weighted by molar-refractivity contribution is 8.00. The van der Waals surface area contributed by atoms with Crippen molar-refractivity contribution < 1.29 is 22.7 Å². The zero-order valence-electron chi connectivity index (χ0n) is 14.8. The molecular formula is C18H18N2O5S2. The molecule has 1 heterocycles. The average molecular weight is 406 g/mol. The number of hydrogen-bond acceptors (Lipinski definition) is 6. The van der Waals surface area contributed by atoms with Gasteiger partial charge in [0.1, 0.15) is 6.54 Å². The topological polar surface area (TPSA) is 92.8 Å². The Morgan fingerprint density at radius 1 is 1.22 bits per heavy atom. The summed E-state index contributed by atoms with van der Waals surface area (Å²) in [5.41, 5.74) is 1.84. The van der Waals surface area contributed by atoms with Crippen molar-refractivity contribution in [2.24, 2.45) is 0 Å². The van der Waals surface area contributed by atoms with Crippen LogP contribution < -0.4 is 9.62 Å². The van der Waals surface area contributed by atoms with Crippen LogP contribution in [0.4, 0.5) is 11.4 Å². The molecule has 1 aliphatic heterocycles. The van der Waals surface area contributed by atoms with E-state index in [1.54, 1.807) is 30.3 Å². The first-order valence-electron chi connectivity index (χ1n) is 8.03. The number of esters is 1. The van der Waals surface area contributed by atoms with Crippen LogP contribution in [0.2, 0.25) is 0 Å². The molecule has 0 aliphatic carbocycles. The number of hydrogen-bond donors (Lipinski definition) is 1. The highest BCUT2D eigenvalue weighted by Gasteiger charge is 2.28. The molecule has 0 saturated carbocycles. The van der Waals surface area contributed by atoms with Crippen molar-refractivity contribution in [1.82, 2.24) is 0 Å². The minimum atomic E-state index is -3.85. The van der Waals surface area contributed by atoms with E-state index in [1.165, 1.54) is 35.9 Å². The standard InChI is InChI=1S/C18H18N2O5S2/c1-12-3-5-13(6-4-12)19-27(23,24)14-7-8-16-15(9-14)20(10-18(22)25-2)17(21)11-26-16/h3-9,19H,10-11H2,1-2H3. The largest absolute Gasteiger partial charge is 0.468 e. The number of thioether (sulfide) groups is 1. The number of fused-ring (bicyclic) bond motifs is 1. The maximum atomic E-state index is 12.7. The molecule has 1 amide bonds. The van der Waals surface area contributed by atoms with Gasteiger partial charge in [-0.05, 0) is 37.3 Å². The summed E-state index contributed by atoms with van der Waals surface area (Å²) in [5.74, 6) is -0.677. The molecule has 142 valence electrons. The molecule has 0 atom stereocenters. The molecular weight excluding hydrogens is 388 g/mol. The number of anilines is 2. The molecule has 0 saturated heterocycles. The highest BCUT2D eigenvalue weighted by Crippen LogP contribution is 2.37. The van der Waals surface area contributed by atoms with Gasteiger partial charge in [0.05, 0.1) is 23.4 Å². The van der Waals surface area contributed by atoms with Gasteiger partial charge in [-0.15, -0.1) is 11.8 Å². The van der Waals surface area contributed by atoms with E-state index in [4.69, 9.17) is 0 Å². The first-order valence-corrected chi connectivity index (χ1v) is 10.5. The predicted octanol–water partition coefficient (Wildman–Crippen LogP) is 2.41. The van der Waals surface area contributed by atoms with E-state index >= 15 is 0 Å². The number of carbonyl (C=O) groups excluding carboxylic acids is 2. The first kappa shape index (κ1) is 19.2. The van der Waals surface area contributed by atoms with Crippen LogP contribution in [0, 0.1) is 6.92 Å². The Hall–Kier alpha value is -2.52. The molecule has 2 aromatic rings. The molecule has 2 aromatic carbocycles. The number of amides is 1. The third-order valence-electron chi connectivity index (χ3n) is 4.00. The van der Waals surface area contributed by atoms with Crippen LogP contribution >= 0.6 is 11.8 Å². The van der Waals surface area contributed by atoms with Crippen molar-refractivity contribution >= 4 is 45.0 Å². The van der Waals surface area contributed by atoms with Gasteiger partial charge in [-0.1, -0.05) is 17.7 Å². The maximum absolute atomic E-state index is 12.7. The number of nitrogens with zero attached hydrogens (tertiary/aromatic N) is 1. The fourth-order valence-electron chi connectivity index (χ4n) is 2.55. The summed E-state index contributed by atoms with van der Waals surface area (Å²) in [5, 5.41) is 0. The molecule has 0 radical (unpaired) electrons. The van der Waals surface area contributed by atoms with E-state index in [0.29, 0.717) is 11.4 Å². The lowest BCUT2D eigenvalue weighted by Gasteiger charge is -2.28. The Labute approximate surface area is 161 Å². The van der Waals surface area contributed by atoms with Gasteiger partial charge in [-0.25, -0.2) is 8.42 Å². The number of methoxy groups -OCH3 is 1. The fraction of sp³-hybridized carbons (Fsp3) is 0.222. The number of nitrogens with one attached hydrogen (secondary N) is 1. The van der Waals surface area contributed by atoms with Gasteiger partial charge in [-0.2, -0.15) is 0 Å². The molecule has 0 bridgehead atoms. The second-order valence-corrected chi connectivity index (χ2v) is 8.65. The van der Waals surface area contributed by atoms with Crippen LogP contribution in [0.25, 0.3) is 0 Å². The summed E-state index contributed by atoms with van der Waals surface area (Å²) >= 11 is 1.30. The van der Waals surface area contributed by atoms with E-state index in [1.807, 2.05) is 6.92 Å². The monoisotopic (exact) mass is 406 g/mol. The van der Waals surface area contributed by atoms with Crippen LogP contribution in [0.15, 0.2) is 52.3 Å². The molecule has 0 fully saturated rings. The molecule has 1 N–H and O–H groups in total. The number of benzene rings is 2. The lowest BCUT2D eigenvalue weighted by Crippen LogP contribution is -2.39. The Bertz CT molecular complexity index is 987. The van der Waals surface area contributed by atoms with Gasteiger partial charge < -0.3 is 4.74 Å². The Morgan fingerprint density at radius 2 is 1.93 bits per heavy atom. The van der Waals surface area contributed by atoms with Crippen LogP contribution in [0.1, 0.15) is 5.56 Å². The van der Waals surface area contributed by atoms with Crippen molar-refractivity contribution in [1.29, 1.82) is 0 Å². The summed E-state index contributed by atoms with van der Waals surface area (Å²) in [6.45, 7) is 1.64. The Balaban J connectivity index is 1.94. The normalized spacial score (nSPS) is 13.9. The fourth-order valence-corrected chi connectivity index (χ4v) is 4.55. The number of ether oxygens (including phenoxy) is 1. The van der Waals surface area contributed by atoms with Crippen molar-refractivity contribution in [3.05, 3.63) is 48.0 Å². The van der Waals surface area contributed by atoms with Gasteiger partial charge in [0, 0.05) is 10.6 Å². The average Bonchev–Trinajstić information content (AvgIpc) is 2.65. The van der Waals surface area contributed by atoms with E-state index in [-0.39, 0.29) is 23.1 Å². The molecule has 1 aliphatic rings. The number of rotatable bonds is 5. The predicted molar refractivity (Wildman–Crippen MR) is 104 cm³/mol. The minimum absolute atomic E-state index is 0.00647. The van der Waals surface area contributed by atoms with Crippen LogP contribution in [-0.4, -0.2) is 39.7 Å². The van der Waals surface area contributed by atoms with Crippen molar-refractivity contribution in [3.63, 3.8) is 0 Å². The third-order valence-corrected chi connectivity index (χ3v) is 6.43. The summed E-state index contributed by atoms with van der Waals surface area (Å²) in [4.78, 5) is 25.8. The molecule has 0 aromatic heterocycles. The SMILES string of the molecule is COC(=O)CN1C(=O)CSc2ccc(S(=O)(=O)Nc3ccc(C)cc3)cc21. The van der Waals surface area contributed by atoms with Gasteiger partial charge in [-0.3, -0.25) is 19.2 Å². The lowest BCUT2D eigenvalue weighted by molar-refractivity contribution is -0.139. The van der Waals surface area contributed by atoms with Gasteiger partial charge in [0.15, 0.2) is 0 Å². The van der Waals surface area contributed by atoms with Crippen molar-refractivity contribution in [3.8, 4) is 0 Å². The molecule has 7 nitrogen and oxygen atoms in total. The zero-order chi connectivity index (χ0) is 19.6. The van der Waals surface area contributed by atoms with Crippen molar-refractivity contribution in [2.45, 2.75) is 16.7 Å². The molecule has 27 heavy (non-hydrogen) atoms. The van der Waals surface area contributed by atoms with E-state index in [2.05, 4.69) is 9.46 Å². The second kappa shape index (κ2) is 7.61. The third kappa shape index (κ3) is 4.25. The summed E-state index contributed by atoms with van der Waals surface area (Å²) < 4.78 is 32.6. The summed E-state index contributed by atoms with van der Waals surface area (Å²) in [6, 6.07) is 11.5. The minimum Gasteiger partial charge on any atom is -0.468 e. The van der Waals surface area contributed by atoms with Gasteiger partial charge in [0.25, 0.3) is 10.0 Å². The Kier molecular flexibility index (Phi) is 5.43. The molecule has 9 heteroatoms. The van der Waals surface area contributed by atoms with Gasteiger partial charge in [0.2, 0.25) is 5.91 Å². The number of sulfonamides is 1. The van der Waals surface area contributed by atoms with Crippen molar-refractivity contribution in [2.75, 3.05) is 29.0 Å². The number of carbonyl (C=O) groups is 2. The second-order valence-electron chi connectivity index (χ2n) is 5.95. The van der Waals surface area contributed by atoms with E-state index in [0.717, 1.165) is 10.5 Å². The maximum Gasteiger partial charge on any atom is 0.325 e. The van der Waals surface area contributed by atoms with E-state index < -0.39 is 16.0 Å². The molecule has 0 spiro atoms. The van der Waals surface area contributed by atoms with Crippen LogP contribution in [-0.2, 0) is 24.3 Å². The smallest absolute Gasteiger partial charge is 0.325 e. The van der Waals surface area contributed by atoms with Crippen LogP contribution in [0.3, 0.4) is 0 Å². The molecule has 3 rings (SSSR count). The van der Waals surface area contributed by atoms with Gasteiger partial charge >= 0.3 is 5.97 Å². The zero-order valence-corrected chi connectivity index (χ0v) is 16.4. The molecule has 0 unspecified atom stereocenters. The summed E-state index contributed by atoms with van der Waals surface area (Å²) in [7, 11) is -2.61. The van der Waals surface area contributed by atoms with Crippen LogP contribution in [0.5, 0.6) is 0 Å². The summed E-state index contributed by atoms with van der Waals surface area (Å²) in [6.07, 6.45) is 0.